The summed E-state index contributed by atoms with van der Waals surface area (Å²) in [6, 6.07) is 0. The van der Waals surface area contributed by atoms with Crippen LogP contribution in [0.25, 0.3) is 0 Å². The van der Waals surface area contributed by atoms with Gasteiger partial charge in [0.2, 0.25) is 11.4 Å². The molecule has 0 unspecified atom stereocenters. The van der Waals surface area contributed by atoms with Gasteiger partial charge in [-0.25, -0.2) is 4.79 Å². The van der Waals surface area contributed by atoms with Gasteiger partial charge in [0, 0.05) is 11.8 Å². The normalized spacial score (nSPS) is 39.3. The maximum Gasteiger partial charge on any atom is 0.339 e. The van der Waals surface area contributed by atoms with Crippen molar-refractivity contribution in [3.05, 3.63) is 12.2 Å². The van der Waals surface area contributed by atoms with Gasteiger partial charge in [0.1, 0.15) is 0 Å². The van der Waals surface area contributed by atoms with E-state index in [2.05, 4.69) is 5.32 Å². The number of allylic oxidation sites excluding steroid dienone is 1. The van der Waals surface area contributed by atoms with Crippen LogP contribution in [0.1, 0.15) is 46.5 Å². The second kappa shape index (κ2) is 6.81. The zero-order chi connectivity index (χ0) is 17.3. The number of esters is 1. The minimum absolute atomic E-state index is 0.138. The fraction of sp³-hybridized carbons (Fsp3) is 0.765. The highest BCUT2D eigenvalue weighted by Gasteiger charge is 2.79. The smallest absolute Gasteiger partial charge is 0.339 e. The minimum atomic E-state index is -1.33. The number of nitrogens with one attached hydrogen (secondary N) is 1. The summed E-state index contributed by atoms with van der Waals surface area (Å²) in [4.78, 5) is 24.4. The van der Waals surface area contributed by atoms with Crippen LogP contribution in [-0.2, 0) is 14.3 Å². The molecule has 1 amide bonds. The van der Waals surface area contributed by atoms with E-state index in [1.807, 2.05) is 26.0 Å². The molecule has 0 aromatic carbocycles. The molecule has 2 heterocycles. The minimum Gasteiger partial charge on any atom is -0.453 e. The third-order valence-corrected chi connectivity index (χ3v) is 5.47. The lowest BCUT2D eigenvalue weighted by Crippen LogP contribution is -2.80. The summed E-state index contributed by atoms with van der Waals surface area (Å²) in [5, 5.41) is 13.5. The highest BCUT2D eigenvalue weighted by molar-refractivity contribution is 6.18. The average Bonchev–Trinajstić information content (AvgIpc) is 2.75. The number of aliphatic hydroxyl groups is 1. The quantitative estimate of drug-likeness (QED) is 0.466. The van der Waals surface area contributed by atoms with Crippen molar-refractivity contribution in [2.75, 3.05) is 5.88 Å². The van der Waals surface area contributed by atoms with Crippen molar-refractivity contribution in [2.24, 2.45) is 11.8 Å². The van der Waals surface area contributed by atoms with Crippen molar-refractivity contribution in [1.82, 2.24) is 5.32 Å². The Balaban J connectivity index is 0.000000924. The number of alkyl halides is 1. The molecule has 5 nitrogen and oxygen atoms in total. The molecule has 5 atom stereocenters. The van der Waals surface area contributed by atoms with Gasteiger partial charge in [0.25, 0.3) is 0 Å². The van der Waals surface area contributed by atoms with E-state index in [9.17, 15) is 14.7 Å². The SMILES string of the molecule is CC.C[C@@]12OC(=O)[C@]1([C@@H](O)[C@@H]1C=CCCC1)NC(=O)[C@@H]2CCCl. The van der Waals surface area contributed by atoms with E-state index in [0.717, 1.165) is 19.3 Å². The Bertz CT molecular complexity index is 509. The van der Waals surface area contributed by atoms with Crippen LogP contribution >= 0.6 is 11.6 Å². The molecule has 2 saturated heterocycles. The van der Waals surface area contributed by atoms with E-state index in [4.69, 9.17) is 16.3 Å². The summed E-state index contributed by atoms with van der Waals surface area (Å²) in [6.07, 6.45) is 6.17. The van der Waals surface area contributed by atoms with E-state index in [1.54, 1.807) is 6.92 Å². The largest absolute Gasteiger partial charge is 0.453 e. The molecule has 3 rings (SSSR count). The number of rotatable bonds is 4. The molecule has 0 radical (unpaired) electrons. The van der Waals surface area contributed by atoms with Gasteiger partial charge in [-0.15, -0.1) is 11.6 Å². The van der Waals surface area contributed by atoms with Crippen LogP contribution < -0.4 is 5.32 Å². The molecule has 2 N–H and O–H groups in total. The lowest BCUT2D eigenvalue weighted by atomic mass is 9.64. The average molecular weight is 344 g/mol. The summed E-state index contributed by atoms with van der Waals surface area (Å²) in [7, 11) is 0. The Morgan fingerprint density at radius 2 is 2.17 bits per heavy atom. The van der Waals surface area contributed by atoms with Crippen LogP contribution in [0.3, 0.4) is 0 Å². The van der Waals surface area contributed by atoms with Crippen molar-refractivity contribution in [3.8, 4) is 0 Å². The molecule has 0 aromatic rings. The molecule has 0 saturated carbocycles. The van der Waals surface area contributed by atoms with Gasteiger partial charge in [0.05, 0.1) is 12.0 Å². The van der Waals surface area contributed by atoms with Gasteiger partial charge in [0.15, 0.2) is 5.60 Å². The van der Waals surface area contributed by atoms with E-state index in [1.165, 1.54) is 0 Å². The number of carbonyl (C=O) groups is 2. The van der Waals surface area contributed by atoms with Crippen LogP contribution in [0.5, 0.6) is 0 Å². The van der Waals surface area contributed by atoms with Gasteiger partial charge in [-0.05, 0) is 32.6 Å². The summed E-state index contributed by atoms with van der Waals surface area (Å²) < 4.78 is 5.34. The Morgan fingerprint density at radius 3 is 2.70 bits per heavy atom. The molecule has 0 aromatic heterocycles. The first-order chi connectivity index (χ1) is 11.0. The van der Waals surface area contributed by atoms with Crippen molar-refractivity contribution < 1.29 is 19.4 Å². The first kappa shape index (κ1) is 18.3. The molecule has 23 heavy (non-hydrogen) atoms. The number of hydrogen-bond acceptors (Lipinski definition) is 4. The maximum absolute atomic E-state index is 12.2. The van der Waals surface area contributed by atoms with Crippen molar-refractivity contribution in [1.29, 1.82) is 0 Å². The molecule has 2 aliphatic heterocycles. The van der Waals surface area contributed by atoms with Gasteiger partial charge in [-0.3, -0.25) is 4.79 Å². The van der Waals surface area contributed by atoms with Crippen molar-refractivity contribution >= 4 is 23.5 Å². The first-order valence-electron chi connectivity index (χ1n) is 8.43. The zero-order valence-electron chi connectivity index (χ0n) is 14.0. The monoisotopic (exact) mass is 343 g/mol. The van der Waals surface area contributed by atoms with Gasteiger partial charge >= 0.3 is 5.97 Å². The molecule has 130 valence electrons. The molecule has 3 aliphatic rings. The molecular formula is C17H26ClNO4. The Labute approximate surface area is 142 Å². The fourth-order valence-electron chi connectivity index (χ4n) is 3.99. The highest BCUT2D eigenvalue weighted by Crippen LogP contribution is 2.53. The Kier molecular flexibility index (Phi) is 5.41. The van der Waals surface area contributed by atoms with Gasteiger partial charge < -0.3 is 15.2 Å². The standard InChI is InChI=1S/C15H20ClNO4.C2H6/c1-14-10(7-8-16)12(19)17-15(14,13(20)21-14)11(18)9-5-3-2-4-6-9;1-2/h3,5,9-11,18H,2,4,6-8H2,1H3,(H,17,19);1-2H3/t9-,10+,11+,14+,15+;/m1./s1. The van der Waals surface area contributed by atoms with Crippen LogP contribution in [0.2, 0.25) is 0 Å². The first-order valence-corrected chi connectivity index (χ1v) is 8.97. The van der Waals surface area contributed by atoms with Crippen LogP contribution in [-0.4, -0.2) is 40.1 Å². The third-order valence-electron chi connectivity index (χ3n) is 5.25. The number of hydrogen-bond donors (Lipinski definition) is 2. The van der Waals surface area contributed by atoms with Gasteiger partial charge in [-0.2, -0.15) is 0 Å². The number of aliphatic hydroxyl groups excluding tert-OH is 1. The second-order valence-electron chi connectivity index (χ2n) is 6.29. The topological polar surface area (TPSA) is 75.6 Å². The van der Waals surface area contributed by atoms with Crippen LogP contribution in [0.4, 0.5) is 0 Å². The predicted octanol–water partition coefficient (Wildman–Crippen LogP) is 2.16. The zero-order valence-corrected chi connectivity index (χ0v) is 14.7. The number of amides is 1. The number of halogens is 1. The van der Waals surface area contributed by atoms with Crippen LogP contribution in [0.15, 0.2) is 12.2 Å². The van der Waals surface area contributed by atoms with E-state index in [-0.39, 0.29) is 11.8 Å². The molecule has 1 aliphatic carbocycles. The number of fused-ring (bicyclic) bond motifs is 1. The van der Waals surface area contributed by atoms with E-state index < -0.39 is 29.1 Å². The third kappa shape index (κ3) is 2.49. The highest BCUT2D eigenvalue weighted by atomic mass is 35.5. The molecule has 6 heteroatoms. The van der Waals surface area contributed by atoms with Gasteiger partial charge in [-0.1, -0.05) is 26.0 Å². The molecular weight excluding hydrogens is 318 g/mol. The Hall–Kier alpha value is -1.07. The maximum atomic E-state index is 12.2. The van der Waals surface area contributed by atoms with E-state index >= 15 is 0 Å². The lowest BCUT2D eigenvalue weighted by molar-refractivity contribution is -0.238. The van der Waals surface area contributed by atoms with Crippen molar-refractivity contribution in [2.45, 2.75) is 63.7 Å². The van der Waals surface area contributed by atoms with Crippen LogP contribution in [0, 0.1) is 11.8 Å². The summed E-state index contributed by atoms with van der Waals surface area (Å²) in [6.45, 7) is 5.72. The number of ether oxygens (including phenoxy) is 1. The Morgan fingerprint density at radius 1 is 1.48 bits per heavy atom. The summed E-state index contributed by atoms with van der Waals surface area (Å²) in [5.74, 6) is -1.14. The molecule has 2 fully saturated rings. The van der Waals surface area contributed by atoms with Crippen molar-refractivity contribution in [3.63, 3.8) is 0 Å². The predicted molar refractivity (Wildman–Crippen MR) is 88.0 cm³/mol. The summed E-state index contributed by atoms with van der Waals surface area (Å²) in [5.41, 5.74) is -2.34. The lowest BCUT2D eigenvalue weighted by Gasteiger charge is -2.54. The second-order valence-corrected chi connectivity index (χ2v) is 6.67. The van der Waals surface area contributed by atoms with E-state index in [0.29, 0.717) is 12.3 Å². The molecule has 0 spiro atoms. The molecule has 0 bridgehead atoms. The number of carbonyl (C=O) groups excluding carboxylic acids is 2. The fourth-order valence-corrected chi connectivity index (χ4v) is 4.21. The summed E-state index contributed by atoms with van der Waals surface area (Å²) >= 11 is 5.76.